The molecule has 9 nitrogen and oxygen atoms in total. The van der Waals surface area contributed by atoms with Gasteiger partial charge in [-0.25, -0.2) is 4.98 Å². The molecule has 1 unspecified atom stereocenters. The van der Waals surface area contributed by atoms with Gasteiger partial charge in [0.15, 0.2) is 5.13 Å². The molecule has 3 amide bonds. The van der Waals surface area contributed by atoms with Crippen molar-refractivity contribution in [3.8, 4) is 22.8 Å². The Morgan fingerprint density at radius 2 is 1.67 bits per heavy atom. The van der Waals surface area contributed by atoms with Crippen LogP contribution in [0.1, 0.15) is 22.8 Å². The SMILES string of the molecule is COc1ccc(/C=C(/NC(=O)c2ccccc2)C(=O)Nc2cccc(SC(C)C(=O)Nc3nc(-c4ccc(Cl)c(Cl)c4)cs3)c2)c(OC)c1. The Balaban J connectivity index is 1.29. The number of hydrogen-bond acceptors (Lipinski definition) is 8. The highest BCUT2D eigenvalue weighted by molar-refractivity contribution is 8.00. The monoisotopic (exact) mass is 732 g/mol. The van der Waals surface area contributed by atoms with E-state index >= 15 is 0 Å². The lowest BCUT2D eigenvalue weighted by molar-refractivity contribution is -0.115. The predicted octanol–water partition coefficient (Wildman–Crippen LogP) is 8.66. The Hall–Kier alpha value is -4.81. The van der Waals surface area contributed by atoms with Gasteiger partial charge in [0.2, 0.25) is 5.91 Å². The van der Waals surface area contributed by atoms with E-state index in [1.165, 1.54) is 36.3 Å². The summed E-state index contributed by atoms with van der Waals surface area (Å²) in [5.41, 5.74) is 2.85. The number of thioether (sulfide) groups is 1. The highest BCUT2D eigenvalue weighted by Gasteiger charge is 2.19. The minimum Gasteiger partial charge on any atom is -0.497 e. The number of anilines is 2. The van der Waals surface area contributed by atoms with Crippen LogP contribution >= 0.6 is 46.3 Å². The number of aromatic nitrogens is 1. The molecule has 4 aromatic carbocycles. The third kappa shape index (κ3) is 9.42. The lowest BCUT2D eigenvalue weighted by Crippen LogP contribution is -2.30. The van der Waals surface area contributed by atoms with Gasteiger partial charge in [-0.05, 0) is 67.6 Å². The van der Waals surface area contributed by atoms with Gasteiger partial charge in [0.05, 0.1) is 35.2 Å². The van der Waals surface area contributed by atoms with Crippen molar-refractivity contribution >= 4 is 80.9 Å². The molecule has 1 atom stereocenters. The first-order valence-corrected chi connectivity index (χ1v) is 17.2. The number of hydrogen-bond donors (Lipinski definition) is 3. The van der Waals surface area contributed by atoms with Crippen LogP contribution in [0.5, 0.6) is 11.5 Å². The van der Waals surface area contributed by atoms with Crippen molar-refractivity contribution in [2.75, 3.05) is 24.9 Å². The summed E-state index contributed by atoms with van der Waals surface area (Å²) in [6.07, 6.45) is 1.53. The fourth-order valence-electron chi connectivity index (χ4n) is 4.47. The molecule has 0 fully saturated rings. The number of nitrogens with one attached hydrogen (secondary N) is 3. The quantitative estimate of drug-likeness (QED) is 0.0868. The average molecular weight is 734 g/mol. The van der Waals surface area contributed by atoms with E-state index in [1.807, 2.05) is 17.5 Å². The van der Waals surface area contributed by atoms with Crippen LogP contribution in [0, 0.1) is 0 Å². The number of ether oxygens (including phenoxy) is 2. The van der Waals surface area contributed by atoms with Crippen molar-refractivity contribution in [2.45, 2.75) is 17.1 Å². The number of carbonyl (C=O) groups excluding carboxylic acids is 3. The summed E-state index contributed by atoms with van der Waals surface area (Å²) in [6, 6.07) is 26.0. The largest absolute Gasteiger partial charge is 0.497 e. The van der Waals surface area contributed by atoms with Crippen LogP contribution in [0.4, 0.5) is 10.8 Å². The van der Waals surface area contributed by atoms with E-state index in [4.69, 9.17) is 32.7 Å². The molecule has 0 bridgehead atoms. The van der Waals surface area contributed by atoms with Crippen LogP contribution in [0.25, 0.3) is 17.3 Å². The van der Waals surface area contributed by atoms with Crippen LogP contribution in [-0.4, -0.2) is 42.2 Å². The average Bonchev–Trinajstić information content (AvgIpc) is 3.58. The molecule has 49 heavy (non-hydrogen) atoms. The fraction of sp³-hybridized carbons (Fsp3) is 0.111. The van der Waals surface area contributed by atoms with Gasteiger partial charge in [-0.15, -0.1) is 23.1 Å². The summed E-state index contributed by atoms with van der Waals surface area (Å²) in [5.74, 6) is -0.228. The molecule has 0 aliphatic heterocycles. The second-order valence-electron chi connectivity index (χ2n) is 10.4. The van der Waals surface area contributed by atoms with E-state index in [0.717, 1.165) is 10.5 Å². The van der Waals surface area contributed by atoms with Crippen LogP contribution in [-0.2, 0) is 9.59 Å². The third-order valence-corrected chi connectivity index (χ3v) is 9.58. The molecular formula is C36H30Cl2N4O5S2. The zero-order chi connectivity index (χ0) is 34.9. The Morgan fingerprint density at radius 1 is 0.878 bits per heavy atom. The Bertz CT molecular complexity index is 2020. The molecule has 0 radical (unpaired) electrons. The number of thiazole rings is 1. The number of nitrogens with zero attached hydrogens (tertiary/aromatic N) is 1. The molecular weight excluding hydrogens is 703 g/mol. The third-order valence-electron chi connectivity index (χ3n) is 6.99. The molecule has 0 spiro atoms. The van der Waals surface area contributed by atoms with E-state index < -0.39 is 17.1 Å². The molecule has 3 N–H and O–H groups in total. The summed E-state index contributed by atoms with van der Waals surface area (Å²) in [5, 5.41) is 11.1. The summed E-state index contributed by atoms with van der Waals surface area (Å²) in [7, 11) is 3.05. The lowest BCUT2D eigenvalue weighted by atomic mass is 10.1. The molecule has 5 rings (SSSR count). The summed E-state index contributed by atoms with van der Waals surface area (Å²) < 4.78 is 10.8. The topological polar surface area (TPSA) is 119 Å². The molecule has 0 aliphatic rings. The Morgan fingerprint density at radius 3 is 2.41 bits per heavy atom. The smallest absolute Gasteiger partial charge is 0.272 e. The highest BCUT2D eigenvalue weighted by atomic mass is 35.5. The van der Waals surface area contributed by atoms with Gasteiger partial charge < -0.3 is 25.4 Å². The van der Waals surface area contributed by atoms with Gasteiger partial charge >= 0.3 is 0 Å². The van der Waals surface area contributed by atoms with Crippen molar-refractivity contribution in [1.29, 1.82) is 0 Å². The van der Waals surface area contributed by atoms with Gasteiger partial charge in [-0.3, -0.25) is 14.4 Å². The summed E-state index contributed by atoms with van der Waals surface area (Å²) in [4.78, 5) is 45.0. The van der Waals surface area contributed by atoms with E-state index in [2.05, 4.69) is 20.9 Å². The second-order valence-corrected chi connectivity index (χ2v) is 13.5. The maximum atomic E-state index is 13.6. The Kier molecular flexibility index (Phi) is 12.0. The zero-order valence-electron chi connectivity index (χ0n) is 26.5. The van der Waals surface area contributed by atoms with Gasteiger partial charge in [-0.1, -0.05) is 53.5 Å². The molecule has 13 heteroatoms. The van der Waals surface area contributed by atoms with E-state index in [-0.39, 0.29) is 11.6 Å². The van der Waals surface area contributed by atoms with Crippen LogP contribution in [0.15, 0.2) is 107 Å². The molecule has 0 saturated carbocycles. The molecule has 0 saturated heterocycles. The van der Waals surface area contributed by atoms with Crippen molar-refractivity contribution in [3.63, 3.8) is 0 Å². The van der Waals surface area contributed by atoms with Crippen LogP contribution in [0.2, 0.25) is 10.0 Å². The number of rotatable bonds is 12. The van der Waals surface area contributed by atoms with Crippen LogP contribution < -0.4 is 25.4 Å². The molecule has 0 aliphatic carbocycles. The van der Waals surface area contributed by atoms with Crippen molar-refractivity contribution in [3.05, 3.63) is 123 Å². The van der Waals surface area contributed by atoms with Crippen molar-refractivity contribution < 1.29 is 23.9 Å². The Labute approximate surface area is 301 Å². The maximum Gasteiger partial charge on any atom is 0.272 e. The standard InChI is InChI=1S/C36H30Cl2N4O5S2/c1-21(33(43)42-36-41-31(20-48-36)23-13-15-28(37)29(38)16-23)49-27-11-7-10-25(18-27)39-35(45)30(40-34(44)22-8-5-4-6-9-22)17-24-12-14-26(46-2)19-32(24)47-3/h4-21H,1-3H3,(H,39,45)(H,40,44)(H,41,42,43)/b30-17+. The normalized spacial score (nSPS) is 11.7. The maximum absolute atomic E-state index is 13.6. The fourth-order valence-corrected chi connectivity index (χ4v) is 6.41. The summed E-state index contributed by atoms with van der Waals surface area (Å²) >= 11 is 14.8. The first kappa shape index (κ1) is 35.5. The van der Waals surface area contributed by atoms with E-state index in [9.17, 15) is 14.4 Å². The van der Waals surface area contributed by atoms with Gasteiger partial charge in [0.1, 0.15) is 17.2 Å². The zero-order valence-corrected chi connectivity index (χ0v) is 29.6. The number of benzene rings is 4. The van der Waals surface area contributed by atoms with Crippen LogP contribution in [0.3, 0.4) is 0 Å². The van der Waals surface area contributed by atoms with Crippen molar-refractivity contribution in [1.82, 2.24) is 10.3 Å². The molecule has 5 aromatic rings. The van der Waals surface area contributed by atoms with Crippen molar-refractivity contribution in [2.24, 2.45) is 0 Å². The lowest BCUT2D eigenvalue weighted by Gasteiger charge is -2.14. The first-order valence-electron chi connectivity index (χ1n) is 14.7. The number of amides is 3. The number of methoxy groups -OCH3 is 2. The molecule has 250 valence electrons. The van der Waals surface area contributed by atoms with E-state index in [1.54, 1.807) is 92.9 Å². The highest BCUT2D eigenvalue weighted by Crippen LogP contribution is 2.32. The number of halogens is 2. The minimum absolute atomic E-state index is 0.00758. The van der Waals surface area contributed by atoms with E-state index in [0.29, 0.717) is 49.2 Å². The molecule has 1 heterocycles. The molecule has 1 aromatic heterocycles. The van der Waals surface area contributed by atoms with Gasteiger partial charge in [0.25, 0.3) is 11.8 Å². The first-order chi connectivity index (χ1) is 23.6. The summed E-state index contributed by atoms with van der Waals surface area (Å²) in [6.45, 7) is 1.78. The number of carbonyl (C=O) groups is 3. The second kappa shape index (κ2) is 16.5. The predicted molar refractivity (Wildman–Crippen MR) is 198 cm³/mol. The van der Waals surface area contributed by atoms with Gasteiger partial charge in [0, 0.05) is 38.7 Å². The van der Waals surface area contributed by atoms with Gasteiger partial charge in [-0.2, -0.15) is 0 Å². The minimum atomic E-state index is -0.559.